The number of allylic oxidation sites excluding steroid dienone is 4. The molecule has 0 aromatic heterocycles. The molecule has 0 N–H and O–H groups in total. The van der Waals surface area contributed by atoms with Crippen molar-refractivity contribution in [3.63, 3.8) is 0 Å². The maximum Gasteiger partial charge on any atom is 0.401 e. The summed E-state index contributed by atoms with van der Waals surface area (Å²) in [6.45, 7) is 0. The summed E-state index contributed by atoms with van der Waals surface area (Å²) in [4.78, 5) is -3.56. The molecule has 11 heavy (non-hydrogen) atoms. The Balaban J connectivity index is 0. The predicted molar refractivity (Wildman–Crippen MR) is 39.6 cm³/mol. The summed E-state index contributed by atoms with van der Waals surface area (Å²) in [6, 6.07) is 0. The van der Waals surface area contributed by atoms with Crippen molar-refractivity contribution in [1.82, 2.24) is 0 Å². The number of rotatable bonds is 0. The van der Waals surface area contributed by atoms with Gasteiger partial charge in [-0.15, -0.1) is 0 Å². The second-order valence-corrected chi connectivity index (χ2v) is 2.66. The molecule has 5 heteroatoms. The zero-order valence-electron chi connectivity index (χ0n) is 5.34. The minimum Gasteiger partial charge on any atom is -0.172 e. The summed E-state index contributed by atoms with van der Waals surface area (Å²) >= 11 is 7.92. The number of alkyl halides is 4. The van der Waals surface area contributed by atoms with Crippen LogP contribution in [-0.2, 0) is 21.1 Å². The molecule has 0 heterocycles. The Morgan fingerprint density at radius 1 is 1.09 bits per heavy atom. The quantitative estimate of drug-likeness (QED) is 0.563. The largest absolute Gasteiger partial charge is 0.401 e. The van der Waals surface area contributed by atoms with Gasteiger partial charge in [0.05, 0.1) is 0 Å². The molecule has 1 aliphatic carbocycles. The second-order valence-electron chi connectivity index (χ2n) is 1.52. The Hall–Kier alpha value is 0.608. The van der Waals surface area contributed by atoms with Crippen molar-refractivity contribution in [1.29, 1.82) is 0 Å². The molecular formula is C6H6Cl2F2Pt. The van der Waals surface area contributed by atoms with Gasteiger partial charge in [0.2, 0.25) is 0 Å². The molecule has 0 spiro atoms. The monoisotopic (exact) mass is 381 g/mol. The molecule has 0 fully saturated rings. The molecule has 1 aliphatic rings. The van der Waals surface area contributed by atoms with Gasteiger partial charge in [0.25, 0.3) is 0 Å². The van der Waals surface area contributed by atoms with Gasteiger partial charge >= 0.3 is 4.84 Å². The fraction of sp³-hybridized carbons (Fsp3) is 0.333. The molecular weight excluding hydrogens is 376 g/mol. The standard InChI is InChI=1S/C5H6.CCl2F2.Pt/c1-2-4-5-3-1;2-1(3,4)5;/h1-4H,5H2;;. The van der Waals surface area contributed by atoms with Crippen molar-refractivity contribution in [3.05, 3.63) is 24.3 Å². The molecule has 0 aromatic carbocycles. The molecule has 0 saturated heterocycles. The zero-order valence-corrected chi connectivity index (χ0v) is 9.13. The van der Waals surface area contributed by atoms with Crippen LogP contribution in [0.2, 0.25) is 0 Å². The van der Waals surface area contributed by atoms with Crippen LogP contribution < -0.4 is 0 Å². The van der Waals surface area contributed by atoms with E-state index in [1.165, 1.54) is 0 Å². The predicted octanol–water partition coefficient (Wildman–Crippen LogP) is 3.51. The summed E-state index contributed by atoms with van der Waals surface area (Å²) in [7, 11) is 0. The normalized spacial score (nSPS) is 13.5. The molecule has 0 amide bonds. The first kappa shape index (κ1) is 14.2. The Morgan fingerprint density at radius 3 is 1.45 bits per heavy atom. The Bertz CT molecular complexity index is 124. The van der Waals surface area contributed by atoms with Gasteiger partial charge in [0.15, 0.2) is 0 Å². The first-order valence-corrected chi connectivity index (χ1v) is 3.33. The third-order valence-electron chi connectivity index (χ3n) is 0.655. The van der Waals surface area contributed by atoms with E-state index < -0.39 is 4.84 Å². The Kier molecular flexibility index (Phi) is 9.35. The third kappa shape index (κ3) is 25.0. The van der Waals surface area contributed by atoms with E-state index in [2.05, 4.69) is 47.5 Å². The van der Waals surface area contributed by atoms with Crippen LogP contribution in [0.5, 0.6) is 0 Å². The number of halogens is 4. The second kappa shape index (κ2) is 7.27. The molecule has 68 valence electrons. The van der Waals surface area contributed by atoms with Gasteiger partial charge in [-0.05, 0) is 29.6 Å². The van der Waals surface area contributed by atoms with Crippen LogP contribution in [0.3, 0.4) is 0 Å². The molecule has 0 aliphatic heterocycles. The maximum absolute atomic E-state index is 10.6. The topological polar surface area (TPSA) is 0 Å². The number of hydrogen-bond donors (Lipinski definition) is 0. The summed E-state index contributed by atoms with van der Waals surface area (Å²) in [5, 5.41) is 0. The molecule has 0 atom stereocenters. The summed E-state index contributed by atoms with van der Waals surface area (Å²) in [5.74, 6) is 0. The summed E-state index contributed by atoms with van der Waals surface area (Å²) in [6.07, 6.45) is 9.50. The van der Waals surface area contributed by atoms with Gasteiger partial charge < -0.3 is 0 Å². The van der Waals surface area contributed by atoms with Gasteiger partial charge in [-0.1, -0.05) is 24.3 Å². The average molecular weight is 382 g/mol. The van der Waals surface area contributed by atoms with Crippen LogP contribution in [0.25, 0.3) is 0 Å². The van der Waals surface area contributed by atoms with Gasteiger partial charge in [-0.3, -0.25) is 0 Å². The molecule has 0 radical (unpaired) electrons. The van der Waals surface area contributed by atoms with E-state index in [0.717, 1.165) is 6.42 Å². The van der Waals surface area contributed by atoms with E-state index in [0.29, 0.717) is 0 Å². The molecule has 0 saturated carbocycles. The van der Waals surface area contributed by atoms with Gasteiger partial charge in [0, 0.05) is 21.1 Å². The van der Waals surface area contributed by atoms with Crippen LogP contribution in [0, 0.1) is 0 Å². The van der Waals surface area contributed by atoms with Crippen LogP contribution in [0.1, 0.15) is 6.42 Å². The fourth-order valence-corrected chi connectivity index (χ4v) is 0.393. The summed E-state index contributed by atoms with van der Waals surface area (Å²) in [5.41, 5.74) is 0. The minimum absolute atomic E-state index is 0. The van der Waals surface area contributed by atoms with Crippen molar-refractivity contribution in [3.8, 4) is 0 Å². The van der Waals surface area contributed by atoms with Crippen LogP contribution in [-0.4, -0.2) is 4.84 Å². The SMILES string of the molecule is C1=CCC=C1.FC(F)(Cl)Cl.[Pt]. The van der Waals surface area contributed by atoms with Gasteiger partial charge in [-0.25, -0.2) is 0 Å². The smallest absolute Gasteiger partial charge is 0.172 e. The van der Waals surface area contributed by atoms with Crippen molar-refractivity contribution in [2.45, 2.75) is 11.3 Å². The van der Waals surface area contributed by atoms with Crippen molar-refractivity contribution in [2.75, 3.05) is 0 Å². The van der Waals surface area contributed by atoms with Crippen molar-refractivity contribution >= 4 is 23.2 Å². The third-order valence-corrected chi connectivity index (χ3v) is 0.655. The van der Waals surface area contributed by atoms with Crippen LogP contribution in [0.15, 0.2) is 24.3 Å². The van der Waals surface area contributed by atoms with E-state index >= 15 is 0 Å². The summed E-state index contributed by atoms with van der Waals surface area (Å²) < 4.78 is 21.1. The molecule has 0 nitrogen and oxygen atoms in total. The minimum atomic E-state index is -3.56. The Labute approximate surface area is 88.5 Å². The molecule has 0 aromatic rings. The maximum atomic E-state index is 10.6. The average Bonchev–Trinajstić information content (AvgIpc) is 2.07. The van der Waals surface area contributed by atoms with E-state index in [-0.39, 0.29) is 21.1 Å². The molecule has 0 bridgehead atoms. The zero-order chi connectivity index (χ0) is 8.04. The number of hydrogen-bond acceptors (Lipinski definition) is 0. The van der Waals surface area contributed by atoms with E-state index in [9.17, 15) is 8.78 Å². The first-order valence-electron chi connectivity index (χ1n) is 2.57. The van der Waals surface area contributed by atoms with E-state index in [4.69, 9.17) is 0 Å². The van der Waals surface area contributed by atoms with Crippen LogP contribution >= 0.6 is 23.2 Å². The Morgan fingerprint density at radius 2 is 1.36 bits per heavy atom. The van der Waals surface area contributed by atoms with E-state index in [1.54, 1.807) is 0 Å². The van der Waals surface area contributed by atoms with Crippen molar-refractivity contribution in [2.24, 2.45) is 0 Å². The van der Waals surface area contributed by atoms with Gasteiger partial charge in [-0.2, -0.15) is 8.78 Å². The molecule has 1 rings (SSSR count). The van der Waals surface area contributed by atoms with Gasteiger partial charge in [0.1, 0.15) is 0 Å². The van der Waals surface area contributed by atoms with Crippen molar-refractivity contribution < 1.29 is 29.8 Å². The van der Waals surface area contributed by atoms with E-state index in [1.807, 2.05) is 0 Å². The van der Waals surface area contributed by atoms with Crippen LogP contribution in [0.4, 0.5) is 8.78 Å². The molecule has 0 unspecified atom stereocenters. The first-order chi connectivity index (χ1) is 4.50. The fourth-order valence-electron chi connectivity index (χ4n) is 0.393.